The topological polar surface area (TPSA) is 3.24 Å². The molecule has 2 aliphatic rings. The van der Waals surface area contributed by atoms with Gasteiger partial charge in [-0.3, -0.25) is 0 Å². The Morgan fingerprint density at radius 3 is 3.05 bits per heavy atom. The molecule has 0 bridgehead atoms. The molecule has 0 radical (unpaired) electrons. The Labute approximate surface area is 125 Å². The number of rotatable bonds is 4. The van der Waals surface area contributed by atoms with Crippen LogP contribution in [0.3, 0.4) is 0 Å². The third kappa shape index (κ3) is 3.48. The zero-order valence-corrected chi connectivity index (χ0v) is 12.9. The monoisotopic (exact) mass is 295 g/mol. The molecule has 3 rings (SSSR count). The van der Waals surface area contributed by atoms with Gasteiger partial charge < -0.3 is 4.90 Å². The van der Waals surface area contributed by atoms with Gasteiger partial charge >= 0.3 is 0 Å². The van der Waals surface area contributed by atoms with E-state index in [0.29, 0.717) is 0 Å². The van der Waals surface area contributed by atoms with E-state index in [4.69, 9.17) is 11.6 Å². The van der Waals surface area contributed by atoms with Crippen LogP contribution in [0.25, 0.3) is 0 Å². The van der Waals surface area contributed by atoms with Crippen LogP contribution in [0.5, 0.6) is 0 Å². The molecule has 3 heteroatoms. The normalized spacial score (nSPS) is 27.4. The third-order valence-electron chi connectivity index (χ3n) is 4.30. The standard InChI is InChI=1S/C16H22ClNS/c17-8-7-13-4-3-9-18(11-13)12-15-10-14-5-1-2-6-16(14)19-15/h1-2,5-6,13,15H,3-4,7-12H2. The van der Waals surface area contributed by atoms with Gasteiger partial charge in [-0.05, 0) is 49.8 Å². The van der Waals surface area contributed by atoms with E-state index in [9.17, 15) is 0 Å². The number of halogens is 1. The summed E-state index contributed by atoms with van der Waals surface area (Å²) in [6.45, 7) is 3.80. The second-order valence-electron chi connectivity index (χ2n) is 5.80. The maximum absolute atomic E-state index is 5.89. The van der Waals surface area contributed by atoms with Crippen LogP contribution < -0.4 is 0 Å². The second kappa shape index (κ2) is 6.51. The molecule has 104 valence electrons. The highest BCUT2D eigenvalue weighted by molar-refractivity contribution is 8.00. The van der Waals surface area contributed by atoms with E-state index in [2.05, 4.69) is 40.9 Å². The lowest BCUT2D eigenvalue weighted by Gasteiger charge is -2.33. The van der Waals surface area contributed by atoms with E-state index < -0.39 is 0 Å². The van der Waals surface area contributed by atoms with Gasteiger partial charge in [0.1, 0.15) is 0 Å². The first-order valence-corrected chi connectivity index (χ1v) is 8.79. The zero-order chi connectivity index (χ0) is 13.1. The van der Waals surface area contributed by atoms with Gasteiger partial charge in [0.25, 0.3) is 0 Å². The maximum Gasteiger partial charge on any atom is 0.0263 e. The van der Waals surface area contributed by atoms with Crippen LogP contribution in [0.4, 0.5) is 0 Å². The lowest BCUT2D eigenvalue weighted by atomic mass is 9.95. The van der Waals surface area contributed by atoms with Crippen molar-refractivity contribution in [3.05, 3.63) is 29.8 Å². The van der Waals surface area contributed by atoms with E-state index in [0.717, 1.165) is 17.0 Å². The fraction of sp³-hybridized carbons (Fsp3) is 0.625. The molecule has 2 aliphatic heterocycles. The minimum absolute atomic E-state index is 0.757. The van der Waals surface area contributed by atoms with Gasteiger partial charge in [0.2, 0.25) is 0 Å². The lowest BCUT2D eigenvalue weighted by Crippen LogP contribution is -2.39. The summed E-state index contributed by atoms with van der Waals surface area (Å²) in [4.78, 5) is 4.17. The number of hydrogen-bond donors (Lipinski definition) is 0. The molecule has 2 heterocycles. The molecule has 1 aromatic rings. The van der Waals surface area contributed by atoms with Gasteiger partial charge in [-0.2, -0.15) is 0 Å². The predicted octanol–water partition coefficient (Wildman–Crippen LogP) is 4.04. The van der Waals surface area contributed by atoms with Gasteiger partial charge in [0.15, 0.2) is 0 Å². The van der Waals surface area contributed by atoms with E-state index in [-0.39, 0.29) is 0 Å². The highest BCUT2D eigenvalue weighted by Crippen LogP contribution is 2.37. The fourth-order valence-electron chi connectivity index (χ4n) is 3.35. The van der Waals surface area contributed by atoms with Crippen molar-refractivity contribution in [1.29, 1.82) is 0 Å². The van der Waals surface area contributed by atoms with Crippen molar-refractivity contribution < 1.29 is 0 Å². The summed E-state index contributed by atoms with van der Waals surface area (Å²) in [6.07, 6.45) is 5.17. The molecule has 2 unspecified atom stereocenters. The molecule has 0 amide bonds. The maximum atomic E-state index is 5.89. The molecule has 0 spiro atoms. The first-order chi connectivity index (χ1) is 9.35. The molecule has 1 saturated heterocycles. The van der Waals surface area contributed by atoms with Gasteiger partial charge in [-0.25, -0.2) is 0 Å². The van der Waals surface area contributed by atoms with Crippen LogP contribution >= 0.6 is 23.4 Å². The van der Waals surface area contributed by atoms with Crippen molar-refractivity contribution in [3.63, 3.8) is 0 Å². The van der Waals surface area contributed by atoms with Crippen LogP contribution in [-0.4, -0.2) is 35.7 Å². The quantitative estimate of drug-likeness (QED) is 0.771. The molecular formula is C16H22ClNS. The second-order valence-corrected chi connectivity index (χ2v) is 7.52. The largest absolute Gasteiger partial charge is 0.302 e. The minimum atomic E-state index is 0.757. The molecule has 0 saturated carbocycles. The van der Waals surface area contributed by atoms with Gasteiger partial charge in [-0.15, -0.1) is 23.4 Å². The average Bonchev–Trinajstić information content (AvgIpc) is 2.81. The Morgan fingerprint density at radius 1 is 1.32 bits per heavy atom. The average molecular weight is 296 g/mol. The first kappa shape index (κ1) is 13.8. The highest BCUT2D eigenvalue weighted by Gasteiger charge is 2.26. The summed E-state index contributed by atoms with van der Waals surface area (Å²) in [7, 11) is 0. The van der Waals surface area contributed by atoms with Crippen molar-refractivity contribution in [2.24, 2.45) is 5.92 Å². The Kier molecular flexibility index (Phi) is 4.73. The van der Waals surface area contributed by atoms with Crippen molar-refractivity contribution in [3.8, 4) is 0 Å². The molecule has 0 aromatic heterocycles. The Balaban J connectivity index is 1.53. The summed E-state index contributed by atoms with van der Waals surface area (Å²) in [5.74, 6) is 1.65. The van der Waals surface area contributed by atoms with Gasteiger partial charge in [0, 0.05) is 29.1 Å². The molecule has 19 heavy (non-hydrogen) atoms. The molecule has 1 fully saturated rings. The van der Waals surface area contributed by atoms with Gasteiger partial charge in [0.05, 0.1) is 0 Å². The zero-order valence-electron chi connectivity index (χ0n) is 11.4. The number of piperidine rings is 1. The number of thioether (sulfide) groups is 1. The van der Waals surface area contributed by atoms with E-state index in [1.807, 2.05) is 0 Å². The van der Waals surface area contributed by atoms with E-state index in [1.165, 1.54) is 50.2 Å². The highest BCUT2D eigenvalue weighted by atomic mass is 35.5. The third-order valence-corrected chi connectivity index (χ3v) is 5.82. The predicted molar refractivity (Wildman–Crippen MR) is 84.3 cm³/mol. The summed E-state index contributed by atoms with van der Waals surface area (Å²) in [5.41, 5.74) is 1.55. The number of fused-ring (bicyclic) bond motifs is 1. The van der Waals surface area contributed by atoms with Crippen LogP contribution in [-0.2, 0) is 6.42 Å². The molecular weight excluding hydrogens is 274 g/mol. The van der Waals surface area contributed by atoms with Crippen LogP contribution in [0.1, 0.15) is 24.8 Å². The smallest absolute Gasteiger partial charge is 0.0263 e. The number of alkyl halides is 1. The molecule has 1 nitrogen and oxygen atoms in total. The van der Waals surface area contributed by atoms with E-state index >= 15 is 0 Å². The van der Waals surface area contributed by atoms with Crippen LogP contribution in [0.15, 0.2) is 29.2 Å². The minimum Gasteiger partial charge on any atom is -0.302 e. The molecule has 2 atom stereocenters. The number of likely N-dealkylation sites (tertiary alicyclic amines) is 1. The fourth-order valence-corrected chi connectivity index (χ4v) is 5.03. The summed E-state index contributed by atoms with van der Waals surface area (Å²) in [6, 6.07) is 8.88. The van der Waals surface area contributed by atoms with Crippen molar-refractivity contribution in [2.45, 2.75) is 35.8 Å². The SMILES string of the molecule is ClCCC1CCCN(CC2Cc3ccccc3S2)C1. The van der Waals surface area contributed by atoms with Crippen LogP contribution in [0, 0.1) is 5.92 Å². The number of hydrogen-bond acceptors (Lipinski definition) is 2. The molecule has 0 aliphatic carbocycles. The summed E-state index contributed by atoms with van der Waals surface area (Å²) >= 11 is 7.97. The Hall–Kier alpha value is -0.180. The van der Waals surface area contributed by atoms with Crippen molar-refractivity contribution >= 4 is 23.4 Å². The Bertz CT molecular complexity index is 396. The van der Waals surface area contributed by atoms with Crippen LogP contribution in [0.2, 0.25) is 0 Å². The number of nitrogens with zero attached hydrogens (tertiary/aromatic N) is 1. The number of benzene rings is 1. The lowest BCUT2D eigenvalue weighted by molar-refractivity contribution is 0.173. The molecule has 0 N–H and O–H groups in total. The summed E-state index contributed by atoms with van der Waals surface area (Å²) < 4.78 is 0. The van der Waals surface area contributed by atoms with E-state index in [1.54, 1.807) is 5.56 Å². The van der Waals surface area contributed by atoms with Crippen molar-refractivity contribution in [2.75, 3.05) is 25.5 Å². The van der Waals surface area contributed by atoms with Crippen molar-refractivity contribution in [1.82, 2.24) is 4.90 Å². The van der Waals surface area contributed by atoms with Gasteiger partial charge in [-0.1, -0.05) is 18.2 Å². The summed E-state index contributed by atoms with van der Waals surface area (Å²) in [5, 5.41) is 0.757. The first-order valence-electron chi connectivity index (χ1n) is 7.38. The molecule has 1 aromatic carbocycles. The Morgan fingerprint density at radius 2 is 2.21 bits per heavy atom.